The minimum atomic E-state index is 0.916. The molecule has 0 saturated heterocycles. The number of rotatable bonds is 1. The van der Waals surface area contributed by atoms with Crippen LogP contribution in [0.2, 0.25) is 0 Å². The smallest absolute Gasteiger partial charge is 0.0822 e. The quantitative estimate of drug-likeness (QED) is 0.473. The third-order valence-corrected chi connectivity index (χ3v) is 1.91. The zero-order valence-electron chi connectivity index (χ0n) is 6.61. The Morgan fingerprint density at radius 3 is 3.00 bits per heavy atom. The lowest BCUT2D eigenvalue weighted by Crippen LogP contribution is -1.79. The van der Waals surface area contributed by atoms with Crippen molar-refractivity contribution in [2.45, 2.75) is 6.92 Å². The number of pyridine rings is 1. The predicted octanol–water partition coefficient (Wildman–Crippen LogP) is 2.49. The van der Waals surface area contributed by atoms with Crippen molar-refractivity contribution in [1.82, 2.24) is 4.98 Å². The molecule has 1 heterocycles. The van der Waals surface area contributed by atoms with Crippen molar-refractivity contribution in [1.29, 1.82) is 0 Å². The van der Waals surface area contributed by atoms with E-state index in [2.05, 4.69) is 9.98 Å². The van der Waals surface area contributed by atoms with E-state index in [0.29, 0.717) is 0 Å². The maximum Gasteiger partial charge on any atom is 0.0822 e. The van der Waals surface area contributed by atoms with Gasteiger partial charge in [-0.2, -0.15) is 0 Å². The fourth-order valence-corrected chi connectivity index (χ4v) is 0.844. The van der Waals surface area contributed by atoms with Crippen molar-refractivity contribution in [3.63, 3.8) is 0 Å². The first kappa shape index (κ1) is 8.27. The molecule has 0 bridgehead atoms. The monoisotopic (exact) mass is 166 g/mol. The molecule has 0 aromatic carbocycles. The summed E-state index contributed by atoms with van der Waals surface area (Å²) in [6.45, 7) is 1.98. The summed E-state index contributed by atoms with van der Waals surface area (Å²) in [5.74, 6) is 0. The van der Waals surface area contributed by atoms with E-state index in [4.69, 9.17) is 0 Å². The van der Waals surface area contributed by atoms with Crippen LogP contribution >= 0.6 is 11.8 Å². The molecular weight excluding hydrogens is 156 g/mol. The van der Waals surface area contributed by atoms with Crippen molar-refractivity contribution in [2.24, 2.45) is 4.99 Å². The Hall–Kier alpha value is -0.830. The van der Waals surface area contributed by atoms with Gasteiger partial charge in [-0.25, -0.2) is 4.99 Å². The van der Waals surface area contributed by atoms with E-state index in [1.165, 1.54) is 0 Å². The van der Waals surface area contributed by atoms with Gasteiger partial charge in [0.15, 0.2) is 0 Å². The maximum atomic E-state index is 4.29. The highest BCUT2D eigenvalue weighted by atomic mass is 32.2. The topological polar surface area (TPSA) is 25.2 Å². The van der Waals surface area contributed by atoms with Gasteiger partial charge < -0.3 is 0 Å². The molecule has 0 aliphatic heterocycles. The van der Waals surface area contributed by atoms with E-state index in [1.807, 2.05) is 25.3 Å². The number of aliphatic imine (C=N–C) groups is 1. The van der Waals surface area contributed by atoms with Crippen LogP contribution in [0.25, 0.3) is 0 Å². The van der Waals surface area contributed by atoms with E-state index >= 15 is 0 Å². The highest BCUT2D eigenvalue weighted by Gasteiger charge is 1.88. The molecule has 11 heavy (non-hydrogen) atoms. The average Bonchev–Trinajstić information content (AvgIpc) is 2.06. The third-order valence-electron chi connectivity index (χ3n) is 1.23. The van der Waals surface area contributed by atoms with Crippen molar-refractivity contribution >= 4 is 22.5 Å². The summed E-state index contributed by atoms with van der Waals surface area (Å²) in [4.78, 5) is 8.25. The molecule has 0 radical (unpaired) electrons. The molecule has 58 valence electrons. The first-order valence-electron chi connectivity index (χ1n) is 3.32. The highest BCUT2D eigenvalue weighted by Crippen LogP contribution is 2.11. The lowest BCUT2D eigenvalue weighted by molar-refractivity contribution is 1.31. The maximum absolute atomic E-state index is 4.29. The molecule has 0 aliphatic rings. The van der Waals surface area contributed by atoms with Gasteiger partial charge in [0.2, 0.25) is 0 Å². The van der Waals surface area contributed by atoms with Gasteiger partial charge >= 0.3 is 0 Å². The third kappa shape index (κ3) is 2.72. The molecule has 3 heteroatoms. The van der Waals surface area contributed by atoms with E-state index in [1.54, 1.807) is 24.2 Å². The largest absolute Gasteiger partial charge is 0.262 e. The summed E-state index contributed by atoms with van der Waals surface area (Å²) in [5, 5.41) is 1.05. The summed E-state index contributed by atoms with van der Waals surface area (Å²) < 4.78 is 0. The number of hydrogen-bond donors (Lipinski definition) is 0. The zero-order valence-corrected chi connectivity index (χ0v) is 7.43. The second-order valence-electron chi connectivity index (χ2n) is 2.05. The molecule has 0 aliphatic carbocycles. The minimum absolute atomic E-state index is 0.916. The highest BCUT2D eigenvalue weighted by molar-refractivity contribution is 8.13. The van der Waals surface area contributed by atoms with Gasteiger partial charge in [0.05, 0.1) is 16.9 Å². The molecule has 0 atom stereocenters. The van der Waals surface area contributed by atoms with Gasteiger partial charge in [0.1, 0.15) is 0 Å². The average molecular weight is 166 g/mol. The molecule has 1 rings (SSSR count). The van der Waals surface area contributed by atoms with Crippen LogP contribution in [0.3, 0.4) is 0 Å². The Morgan fingerprint density at radius 2 is 2.45 bits per heavy atom. The lowest BCUT2D eigenvalue weighted by atomic mass is 10.4. The summed E-state index contributed by atoms with van der Waals surface area (Å²) in [6, 6.07) is 3.82. The molecule has 0 spiro atoms. The number of hydrogen-bond acceptors (Lipinski definition) is 3. The summed E-state index contributed by atoms with van der Waals surface area (Å²) in [6.07, 6.45) is 5.50. The van der Waals surface area contributed by atoms with Crippen molar-refractivity contribution in [3.05, 3.63) is 24.5 Å². The van der Waals surface area contributed by atoms with Crippen LogP contribution in [-0.4, -0.2) is 16.3 Å². The second kappa shape index (κ2) is 4.13. The van der Waals surface area contributed by atoms with Gasteiger partial charge in [-0.05, 0) is 25.3 Å². The van der Waals surface area contributed by atoms with Gasteiger partial charge in [0.25, 0.3) is 0 Å². The molecule has 0 N–H and O–H groups in total. The molecule has 0 saturated carbocycles. The number of nitrogens with zero attached hydrogens (tertiary/aromatic N) is 2. The molecular formula is C8H10N2S. The first-order chi connectivity index (χ1) is 5.33. The molecule has 1 aromatic rings. The van der Waals surface area contributed by atoms with Crippen LogP contribution in [-0.2, 0) is 0 Å². The fraction of sp³-hybridized carbons (Fsp3) is 0.250. The van der Waals surface area contributed by atoms with Gasteiger partial charge in [-0.1, -0.05) is 0 Å². The normalized spacial score (nSPS) is 11.6. The van der Waals surface area contributed by atoms with Crippen LogP contribution in [0.1, 0.15) is 6.92 Å². The number of thioether (sulfide) groups is 1. The molecule has 0 unspecified atom stereocenters. The summed E-state index contributed by atoms with van der Waals surface area (Å²) in [7, 11) is 0. The molecule has 0 fully saturated rings. The van der Waals surface area contributed by atoms with Gasteiger partial charge in [-0.3, -0.25) is 4.98 Å². The van der Waals surface area contributed by atoms with E-state index < -0.39 is 0 Å². The Morgan fingerprint density at radius 1 is 1.64 bits per heavy atom. The molecule has 0 amide bonds. The minimum Gasteiger partial charge on any atom is -0.262 e. The van der Waals surface area contributed by atoms with Crippen LogP contribution in [0.5, 0.6) is 0 Å². The van der Waals surface area contributed by atoms with Crippen molar-refractivity contribution in [2.75, 3.05) is 6.26 Å². The Balaban J connectivity index is 2.79. The zero-order chi connectivity index (χ0) is 8.10. The first-order valence-corrected chi connectivity index (χ1v) is 4.54. The SMILES string of the molecule is CSC(C)=Nc1cccnc1. The fourth-order valence-electron chi connectivity index (χ4n) is 0.647. The van der Waals surface area contributed by atoms with E-state index in [9.17, 15) is 0 Å². The van der Waals surface area contributed by atoms with Gasteiger partial charge in [0, 0.05) is 6.20 Å². The van der Waals surface area contributed by atoms with Crippen molar-refractivity contribution in [3.8, 4) is 0 Å². The van der Waals surface area contributed by atoms with E-state index in [0.717, 1.165) is 10.7 Å². The molecule has 2 nitrogen and oxygen atoms in total. The van der Waals surface area contributed by atoms with Crippen LogP contribution in [0.15, 0.2) is 29.5 Å². The number of aromatic nitrogens is 1. The Kier molecular flexibility index (Phi) is 3.11. The predicted molar refractivity (Wildman–Crippen MR) is 50.5 cm³/mol. The Labute approximate surface area is 70.8 Å². The van der Waals surface area contributed by atoms with Crippen molar-refractivity contribution < 1.29 is 0 Å². The van der Waals surface area contributed by atoms with Gasteiger partial charge in [-0.15, -0.1) is 11.8 Å². The second-order valence-corrected chi connectivity index (χ2v) is 3.05. The summed E-state index contributed by atoms with van der Waals surface area (Å²) in [5.41, 5.74) is 0.916. The van der Waals surface area contributed by atoms with E-state index in [-0.39, 0.29) is 0 Å². The molecule has 1 aromatic heterocycles. The van der Waals surface area contributed by atoms with Crippen LogP contribution in [0.4, 0.5) is 5.69 Å². The summed E-state index contributed by atoms with van der Waals surface area (Å²) >= 11 is 1.64. The lowest BCUT2D eigenvalue weighted by Gasteiger charge is -1.93. The Bertz CT molecular complexity index is 244. The standard InChI is InChI=1S/C8H10N2S/c1-7(11-2)10-8-4-3-5-9-6-8/h3-6H,1-2H3. The van der Waals surface area contributed by atoms with Crippen LogP contribution in [0, 0.1) is 0 Å². The van der Waals surface area contributed by atoms with Crippen LogP contribution < -0.4 is 0 Å².